The Bertz CT molecular complexity index is 1290. The number of anilines is 2. The van der Waals surface area contributed by atoms with Crippen LogP contribution in [0.4, 0.5) is 20.2 Å². The number of rotatable bonds is 5. The van der Waals surface area contributed by atoms with Crippen LogP contribution in [0.5, 0.6) is 0 Å². The van der Waals surface area contributed by atoms with Crippen molar-refractivity contribution in [3.63, 3.8) is 0 Å². The molecular formula is C26H23Cl2F2N3O2. The van der Waals surface area contributed by atoms with Crippen LogP contribution >= 0.6 is 23.2 Å². The molecule has 1 heterocycles. The van der Waals surface area contributed by atoms with Gasteiger partial charge in [0.15, 0.2) is 0 Å². The second-order valence-corrected chi connectivity index (χ2v) is 9.38. The van der Waals surface area contributed by atoms with Crippen molar-refractivity contribution in [1.82, 2.24) is 4.90 Å². The molecule has 1 aliphatic rings. The van der Waals surface area contributed by atoms with Gasteiger partial charge >= 0.3 is 0 Å². The summed E-state index contributed by atoms with van der Waals surface area (Å²) in [6, 6.07) is 14.3. The zero-order chi connectivity index (χ0) is 25.4. The van der Waals surface area contributed by atoms with Gasteiger partial charge < -0.3 is 14.7 Å². The average molecular weight is 518 g/mol. The van der Waals surface area contributed by atoms with E-state index in [1.807, 2.05) is 0 Å². The van der Waals surface area contributed by atoms with Crippen LogP contribution in [0.25, 0.3) is 11.1 Å². The van der Waals surface area contributed by atoms with Crippen molar-refractivity contribution >= 4 is 46.4 Å². The number of amides is 2. The third-order valence-electron chi connectivity index (χ3n) is 5.93. The number of carbonyl (C=O) groups is 2. The third-order valence-corrected chi connectivity index (χ3v) is 6.57. The first-order valence-corrected chi connectivity index (χ1v) is 11.6. The summed E-state index contributed by atoms with van der Waals surface area (Å²) in [5, 5.41) is 0.440. The minimum absolute atomic E-state index is 0.00180. The Labute approximate surface area is 212 Å². The molecule has 0 aliphatic carbocycles. The highest BCUT2D eigenvalue weighted by Gasteiger charge is 2.31. The molecule has 4 rings (SSSR count). The summed E-state index contributed by atoms with van der Waals surface area (Å²) < 4.78 is 28.2. The molecule has 0 spiro atoms. The van der Waals surface area contributed by atoms with Crippen molar-refractivity contribution in [3.8, 4) is 11.1 Å². The summed E-state index contributed by atoms with van der Waals surface area (Å²) in [6.45, 7) is 0.317. The fraction of sp³-hybridized carbons (Fsp3) is 0.231. The van der Waals surface area contributed by atoms with Crippen molar-refractivity contribution in [2.45, 2.75) is 6.17 Å². The van der Waals surface area contributed by atoms with Gasteiger partial charge in [-0.15, -0.1) is 0 Å². The van der Waals surface area contributed by atoms with E-state index in [1.54, 1.807) is 55.4 Å². The van der Waals surface area contributed by atoms with Crippen molar-refractivity contribution in [3.05, 3.63) is 81.6 Å². The van der Waals surface area contributed by atoms with E-state index in [0.29, 0.717) is 33.1 Å². The maximum Gasteiger partial charge on any atom is 0.262 e. The largest absolute Gasteiger partial charge is 0.364 e. The highest BCUT2D eigenvalue weighted by Crippen LogP contribution is 2.39. The fourth-order valence-electron chi connectivity index (χ4n) is 3.97. The van der Waals surface area contributed by atoms with Gasteiger partial charge in [0.05, 0.1) is 35.1 Å². The number of hydrogen-bond acceptors (Lipinski definition) is 3. The molecule has 0 unspecified atom stereocenters. The second kappa shape index (κ2) is 9.84. The number of carbonyl (C=O) groups excluding carboxylic acids is 2. The highest BCUT2D eigenvalue weighted by atomic mass is 35.5. The van der Waals surface area contributed by atoms with E-state index in [9.17, 15) is 18.4 Å². The Morgan fingerprint density at radius 1 is 0.943 bits per heavy atom. The minimum Gasteiger partial charge on any atom is -0.364 e. The lowest BCUT2D eigenvalue weighted by molar-refractivity contribution is 0.0827. The summed E-state index contributed by atoms with van der Waals surface area (Å²) in [6.07, 6.45) is -0.988. The molecule has 0 N–H and O–H groups in total. The Morgan fingerprint density at radius 2 is 1.66 bits per heavy atom. The van der Waals surface area contributed by atoms with E-state index in [-0.39, 0.29) is 29.6 Å². The molecule has 182 valence electrons. The lowest BCUT2D eigenvalue weighted by atomic mass is 9.99. The van der Waals surface area contributed by atoms with Crippen LogP contribution in [0.15, 0.2) is 54.6 Å². The average Bonchev–Trinajstić information content (AvgIpc) is 2.81. The molecule has 0 saturated carbocycles. The highest BCUT2D eigenvalue weighted by molar-refractivity contribution is 6.35. The number of nitrogens with zero attached hydrogens (tertiary/aromatic N) is 3. The first kappa shape index (κ1) is 24.9. The zero-order valence-electron chi connectivity index (χ0n) is 19.4. The van der Waals surface area contributed by atoms with Crippen LogP contribution < -0.4 is 9.80 Å². The van der Waals surface area contributed by atoms with E-state index in [4.69, 9.17) is 23.2 Å². The predicted octanol–water partition coefficient (Wildman–Crippen LogP) is 5.94. The monoisotopic (exact) mass is 517 g/mol. The minimum atomic E-state index is -0.988. The van der Waals surface area contributed by atoms with E-state index >= 15 is 0 Å². The van der Waals surface area contributed by atoms with Crippen molar-refractivity contribution < 1.29 is 18.4 Å². The van der Waals surface area contributed by atoms with Gasteiger partial charge in [-0.3, -0.25) is 9.59 Å². The van der Waals surface area contributed by atoms with Gasteiger partial charge in [-0.05, 0) is 48.0 Å². The van der Waals surface area contributed by atoms with Gasteiger partial charge in [-0.2, -0.15) is 0 Å². The van der Waals surface area contributed by atoms with Gasteiger partial charge in [0.25, 0.3) is 11.8 Å². The molecule has 1 saturated heterocycles. The van der Waals surface area contributed by atoms with Crippen LogP contribution in [-0.2, 0) is 0 Å². The summed E-state index contributed by atoms with van der Waals surface area (Å²) in [4.78, 5) is 30.2. The summed E-state index contributed by atoms with van der Waals surface area (Å²) in [5.41, 5.74) is 2.58. The quantitative estimate of drug-likeness (QED) is 0.420. The lowest BCUT2D eigenvalue weighted by Gasteiger charge is -2.39. The number of hydrogen-bond donors (Lipinski definition) is 0. The fourth-order valence-corrected chi connectivity index (χ4v) is 4.44. The Kier molecular flexibility index (Phi) is 7.01. The van der Waals surface area contributed by atoms with Gasteiger partial charge in [0.2, 0.25) is 0 Å². The van der Waals surface area contributed by atoms with Crippen molar-refractivity contribution in [2.24, 2.45) is 0 Å². The molecule has 3 aromatic carbocycles. The van der Waals surface area contributed by atoms with Crippen molar-refractivity contribution in [2.75, 3.05) is 44.0 Å². The normalized spacial score (nSPS) is 13.4. The topological polar surface area (TPSA) is 43.9 Å². The molecule has 1 aliphatic heterocycles. The molecule has 0 atom stereocenters. The third kappa shape index (κ3) is 4.83. The molecule has 0 bridgehead atoms. The van der Waals surface area contributed by atoms with E-state index in [1.165, 1.54) is 35.0 Å². The molecule has 9 heteroatoms. The lowest BCUT2D eigenvalue weighted by Crippen LogP contribution is -2.49. The van der Waals surface area contributed by atoms with Crippen LogP contribution in [0.2, 0.25) is 10.0 Å². The first-order chi connectivity index (χ1) is 16.6. The predicted molar refractivity (Wildman–Crippen MR) is 136 cm³/mol. The zero-order valence-corrected chi connectivity index (χ0v) is 20.9. The molecule has 2 amide bonds. The van der Waals surface area contributed by atoms with Crippen molar-refractivity contribution in [1.29, 1.82) is 0 Å². The summed E-state index contributed by atoms with van der Waals surface area (Å²) >= 11 is 12.6. The standard InChI is InChI=1S/C26H23Cl2F2N3O2/c1-31(2)25(34)16-7-9-19(27)18(11-16)15-8-10-22(23(12-15)33-13-17(29)14-33)32(3)26(35)24-20(28)5-4-6-21(24)30/h4-12,17H,13-14H2,1-3H3. The van der Waals surface area contributed by atoms with Gasteiger partial charge in [-0.25, -0.2) is 8.78 Å². The molecule has 35 heavy (non-hydrogen) atoms. The van der Waals surface area contributed by atoms with E-state index < -0.39 is 17.9 Å². The van der Waals surface area contributed by atoms with E-state index in [2.05, 4.69) is 0 Å². The Balaban J connectivity index is 1.78. The Morgan fingerprint density at radius 3 is 2.29 bits per heavy atom. The van der Waals surface area contributed by atoms with Gasteiger partial charge in [0.1, 0.15) is 12.0 Å². The Hall–Kier alpha value is -3.16. The van der Waals surface area contributed by atoms with Crippen LogP contribution in [-0.4, -0.2) is 57.1 Å². The molecule has 1 fully saturated rings. The molecule has 0 aromatic heterocycles. The molecule has 5 nitrogen and oxygen atoms in total. The first-order valence-electron chi connectivity index (χ1n) is 10.8. The maximum atomic E-state index is 14.4. The maximum absolute atomic E-state index is 14.4. The molecule has 3 aromatic rings. The number of benzene rings is 3. The van der Waals surface area contributed by atoms with Gasteiger partial charge in [-0.1, -0.05) is 35.3 Å². The van der Waals surface area contributed by atoms with Crippen LogP contribution in [0.3, 0.4) is 0 Å². The number of alkyl halides is 1. The SMILES string of the molecule is CN(C)C(=O)c1ccc(Cl)c(-c2ccc(N(C)C(=O)c3c(F)cccc3Cl)c(N3CC(F)C3)c2)c1. The van der Waals surface area contributed by atoms with Crippen LogP contribution in [0, 0.1) is 5.82 Å². The summed E-state index contributed by atoms with van der Waals surface area (Å²) in [7, 11) is 4.84. The summed E-state index contributed by atoms with van der Waals surface area (Å²) in [5.74, 6) is -1.53. The molecule has 0 radical (unpaired) electrons. The number of halogens is 4. The van der Waals surface area contributed by atoms with Crippen LogP contribution in [0.1, 0.15) is 20.7 Å². The van der Waals surface area contributed by atoms with E-state index in [0.717, 1.165) is 0 Å². The molecular weight excluding hydrogens is 495 g/mol. The van der Waals surface area contributed by atoms with Gasteiger partial charge in [0, 0.05) is 37.3 Å². The smallest absolute Gasteiger partial charge is 0.262 e. The second-order valence-electron chi connectivity index (χ2n) is 8.56.